The third-order valence-corrected chi connectivity index (χ3v) is 5.13. The molecule has 2 aromatic rings. The van der Waals surface area contributed by atoms with Gasteiger partial charge in [0.2, 0.25) is 0 Å². The summed E-state index contributed by atoms with van der Waals surface area (Å²) in [5.74, 6) is -0.304. The Bertz CT molecular complexity index is 771. The number of H-pyrrole nitrogens is 1. The van der Waals surface area contributed by atoms with Gasteiger partial charge >= 0.3 is 0 Å². The zero-order valence-corrected chi connectivity index (χ0v) is 13.9. The van der Waals surface area contributed by atoms with E-state index in [4.69, 9.17) is 16.7 Å². The average Bonchev–Trinajstić information content (AvgIpc) is 2.44. The number of rotatable bonds is 5. The van der Waals surface area contributed by atoms with Crippen molar-refractivity contribution in [1.29, 1.82) is 0 Å². The highest BCUT2D eigenvalue weighted by Crippen LogP contribution is 2.22. The molecule has 7 heteroatoms. The van der Waals surface area contributed by atoms with Crippen LogP contribution in [-0.4, -0.2) is 20.1 Å². The fraction of sp³-hybridized carbons (Fsp3) is 0.333. The molecule has 0 unspecified atom stereocenters. The number of halogens is 1. The number of hydrogen-bond donors (Lipinski definition) is 2. The molecule has 1 atom stereocenters. The molecule has 0 fully saturated rings. The van der Waals surface area contributed by atoms with E-state index in [1.165, 1.54) is 6.07 Å². The molecule has 0 radical (unpaired) electrons. The molecule has 0 bridgehead atoms. The Morgan fingerprint density at radius 3 is 2.73 bits per heavy atom. The summed E-state index contributed by atoms with van der Waals surface area (Å²) in [6.45, 7) is 3.45. The number of nitrogens with one attached hydrogen (secondary N) is 1. The van der Waals surface area contributed by atoms with E-state index in [1.807, 2.05) is 0 Å². The third kappa shape index (κ3) is 3.70. The molecule has 118 valence electrons. The van der Waals surface area contributed by atoms with Gasteiger partial charge in [-0.05, 0) is 38.1 Å². The molecule has 0 saturated carbocycles. The number of aromatic nitrogens is 1. The second-order valence-electron chi connectivity index (χ2n) is 5.72. The Morgan fingerprint density at radius 2 is 2.09 bits per heavy atom. The summed E-state index contributed by atoms with van der Waals surface area (Å²) in [6, 6.07) is 6.58. The van der Waals surface area contributed by atoms with Crippen molar-refractivity contribution in [2.24, 2.45) is 5.14 Å². The fourth-order valence-corrected chi connectivity index (χ4v) is 2.52. The van der Waals surface area contributed by atoms with E-state index in [1.54, 1.807) is 32.0 Å². The molecule has 3 N–H and O–H groups in total. The number of ketones is 1. The second-order valence-corrected chi connectivity index (χ2v) is 7.86. The lowest BCUT2D eigenvalue weighted by Gasteiger charge is -2.23. The van der Waals surface area contributed by atoms with E-state index >= 15 is 0 Å². The number of carbonyl (C=O) groups is 1. The predicted molar refractivity (Wildman–Crippen MR) is 89.6 cm³/mol. The highest BCUT2D eigenvalue weighted by atomic mass is 35.5. The standard InChI is InChI=1S/C15H17ClN2O3S/c1-15(2,22(17)21)6-5-13(19)11-8-9-7-10(16)3-4-12(9)18-14(11)20/h3-4,7-8H,5-6,17H2,1-2H3,(H,18,20)/t22-/m0/s1. The molecule has 22 heavy (non-hydrogen) atoms. The van der Waals surface area contributed by atoms with Gasteiger partial charge in [-0.3, -0.25) is 9.59 Å². The summed E-state index contributed by atoms with van der Waals surface area (Å²) < 4.78 is 10.7. The fourth-order valence-electron chi connectivity index (χ4n) is 2.03. The van der Waals surface area contributed by atoms with Gasteiger partial charge in [0, 0.05) is 40.1 Å². The number of Topliss-reactive ketones (excluding diaryl/α,β-unsaturated/α-hetero) is 1. The molecule has 0 spiro atoms. The van der Waals surface area contributed by atoms with Gasteiger partial charge in [-0.2, -0.15) is 5.14 Å². The van der Waals surface area contributed by atoms with Crippen LogP contribution in [0.2, 0.25) is 5.02 Å². The minimum atomic E-state index is -1.54. The minimum absolute atomic E-state index is 0.0772. The SMILES string of the molecule is CC(C)(CCC(=O)c1cc2cc(Cl)ccc2[nH]c1=O)[S@@+](N)[O-]. The van der Waals surface area contributed by atoms with Gasteiger partial charge in [0.05, 0.1) is 5.56 Å². The molecule has 0 amide bonds. The summed E-state index contributed by atoms with van der Waals surface area (Å²) in [4.78, 5) is 27.0. The summed E-state index contributed by atoms with van der Waals surface area (Å²) in [6.07, 6.45) is 0.438. The number of fused-ring (bicyclic) bond motifs is 1. The predicted octanol–water partition coefficient (Wildman–Crippen LogP) is 2.55. The largest absolute Gasteiger partial charge is 0.598 e. The quantitative estimate of drug-likeness (QED) is 0.645. The first-order valence-electron chi connectivity index (χ1n) is 6.73. The summed E-state index contributed by atoms with van der Waals surface area (Å²) in [5, 5.41) is 6.61. The van der Waals surface area contributed by atoms with Crippen molar-refractivity contribution in [3.8, 4) is 0 Å². The average molecular weight is 341 g/mol. The smallest absolute Gasteiger partial charge is 0.259 e. The van der Waals surface area contributed by atoms with Crippen LogP contribution in [0.1, 0.15) is 37.0 Å². The number of nitrogens with two attached hydrogens (primary N) is 1. The van der Waals surface area contributed by atoms with Crippen molar-refractivity contribution in [2.45, 2.75) is 31.4 Å². The molecule has 0 aliphatic heterocycles. The van der Waals surface area contributed by atoms with E-state index in [2.05, 4.69) is 4.98 Å². The van der Waals surface area contributed by atoms with Crippen LogP contribution in [-0.2, 0) is 11.4 Å². The van der Waals surface area contributed by atoms with Crippen LogP contribution in [0, 0.1) is 0 Å². The Morgan fingerprint density at radius 1 is 1.41 bits per heavy atom. The molecule has 2 rings (SSSR count). The Labute approximate surface area is 136 Å². The van der Waals surface area contributed by atoms with Crippen LogP contribution in [0.5, 0.6) is 0 Å². The van der Waals surface area contributed by atoms with Gasteiger partial charge < -0.3 is 9.54 Å². The minimum Gasteiger partial charge on any atom is -0.598 e. The maximum Gasteiger partial charge on any atom is 0.259 e. The number of benzene rings is 1. The summed E-state index contributed by atoms with van der Waals surface area (Å²) in [7, 11) is 0. The van der Waals surface area contributed by atoms with Crippen molar-refractivity contribution in [2.75, 3.05) is 0 Å². The number of carbonyl (C=O) groups excluding carboxylic acids is 1. The van der Waals surface area contributed by atoms with E-state index in [0.29, 0.717) is 22.3 Å². The third-order valence-electron chi connectivity index (χ3n) is 3.61. The normalized spacial score (nSPS) is 13.3. The van der Waals surface area contributed by atoms with Crippen LogP contribution in [0.4, 0.5) is 0 Å². The lowest BCUT2D eigenvalue weighted by molar-refractivity contribution is 0.0975. The molecule has 0 saturated heterocycles. The Hall–Kier alpha value is -1.34. The Balaban J connectivity index is 2.28. The molecule has 1 aromatic heterocycles. The van der Waals surface area contributed by atoms with Crippen molar-refractivity contribution in [3.63, 3.8) is 0 Å². The number of hydrogen-bond acceptors (Lipinski definition) is 4. The van der Waals surface area contributed by atoms with E-state index in [-0.39, 0.29) is 17.8 Å². The lowest BCUT2D eigenvalue weighted by Crippen LogP contribution is -2.38. The molecule has 0 aliphatic rings. The number of aromatic amines is 1. The van der Waals surface area contributed by atoms with Gasteiger partial charge in [0.1, 0.15) is 4.75 Å². The van der Waals surface area contributed by atoms with Crippen LogP contribution in [0.15, 0.2) is 29.1 Å². The topological polar surface area (TPSA) is 99.0 Å². The molecular weight excluding hydrogens is 324 g/mol. The van der Waals surface area contributed by atoms with Crippen LogP contribution >= 0.6 is 11.6 Å². The molecule has 0 aliphatic carbocycles. The van der Waals surface area contributed by atoms with Crippen LogP contribution < -0.4 is 10.7 Å². The summed E-state index contributed by atoms with van der Waals surface area (Å²) in [5.41, 5.74) is 0.259. The van der Waals surface area contributed by atoms with E-state index < -0.39 is 21.7 Å². The second kappa shape index (κ2) is 6.42. The first kappa shape index (κ1) is 17.0. The molecule has 1 aromatic carbocycles. The van der Waals surface area contributed by atoms with E-state index in [0.717, 1.165) is 0 Å². The van der Waals surface area contributed by atoms with Gasteiger partial charge in [0.25, 0.3) is 5.56 Å². The Kier molecular flexibility index (Phi) is 4.97. The first-order valence-corrected chi connectivity index (χ1v) is 8.32. The summed E-state index contributed by atoms with van der Waals surface area (Å²) >= 11 is 4.39. The zero-order valence-electron chi connectivity index (χ0n) is 12.3. The highest BCUT2D eigenvalue weighted by Gasteiger charge is 2.30. The van der Waals surface area contributed by atoms with Gasteiger partial charge in [-0.1, -0.05) is 11.6 Å². The molecule has 1 heterocycles. The van der Waals surface area contributed by atoms with E-state index in [9.17, 15) is 14.1 Å². The first-order chi connectivity index (χ1) is 10.2. The van der Waals surface area contributed by atoms with Gasteiger partial charge in [0.15, 0.2) is 5.78 Å². The van der Waals surface area contributed by atoms with Crippen molar-refractivity contribution < 1.29 is 9.35 Å². The molecular formula is C15H17ClN2O3S. The molecule has 5 nitrogen and oxygen atoms in total. The monoisotopic (exact) mass is 340 g/mol. The van der Waals surface area contributed by atoms with Crippen LogP contribution in [0.25, 0.3) is 10.9 Å². The maximum atomic E-state index is 12.3. The zero-order chi connectivity index (χ0) is 16.5. The van der Waals surface area contributed by atoms with Crippen LogP contribution in [0.3, 0.4) is 0 Å². The van der Waals surface area contributed by atoms with Gasteiger partial charge in [-0.25, -0.2) is 0 Å². The van der Waals surface area contributed by atoms with Gasteiger partial charge in [-0.15, -0.1) is 0 Å². The maximum absolute atomic E-state index is 12.3. The van der Waals surface area contributed by atoms with Crippen molar-refractivity contribution in [1.82, 2.24) is 4.98 Å². The lowest BCUT2D eigenvalue weighted by atomic mass is 10.0. The van der Waals surface area contributed by atoms with Crippen molar-refractivity contribution >= 4 is 39.6 Å². The number of pyridine rings is 1. The highest BCUT2D eigenvalue weighted by molar-refractivity contribution is 7.90. The van der Waals surface area contributed by atoms with Crippen molar-refractivity contribution in [3.05, 3.63) is 45.2 Å².